The summed E-state index contributed by atoms with van der Waals surface area (Å²) in [5, 5.41) is 3.42. The second-order valence-corrected chi connectivity index (χ2v) is 12.4. The Balaban J connectivity index is 1.61. The highest BCUT2D eigenvalue weighted by molar-refractivity contribution is 6.31. The second kappa shape index (κ2) is 20.4. The Bertz CT molecular complexity index is 1270. The van der Waals surface area contributed by atoms with Crippen molar-refractivity contribution in [1.29, 1.82) is 0 Å². The summed E-state index contributed by atoms with van der Waals surface area (Å²) in [4.78, 5) is 25.9. The van der Waals surface area contributed by atoms with E-state index in [-0.39, 0.29) is 11.9 Å². The Morgan fingerprint density at radius 1 is 0.512 bits per heavy atom. The minimum Gasteiger partial charge on any atom is -0.425 e. The number of carbonyl (C=O) groups is 2. The standard InChI is InChI=1S/C38H53ClO4/c1-3-5-7-9-11-13-15-17-19-25-35(40)42-37-31-23-21-22-24-32(31)38(34-29-30(39)27-28-33(34)37)43-36(41)26-20-18-16-14-12-10-8-6-4-2/h21-24,27-29H,3-20,25-26H2,1-2H3. The molecule has 0 saturated carbocycles. The number of esters is 2. The van der Waals surface area contributed by atoms with Gasteiger partial charge in [-0.3, -0.25) is 9.59 Å². The molecule has 5 heteroatoms. The fraction of sp³-hybridized carbons (Fsp3) is 0.579. The Morgan fingerprint density at radius 2 is 0.884 bits per heavy atom. The van der Waals surface area contributed by atoms with Gasteiger partial charge in [0.1, 0.15) is 11.5 Å². The van der Waals surface area contributed by atoms with E-state index in [2.05, 4.69) is 13.8 Å². The van der Waals surface area contributed by atoms with E-state index in [0.29, 0.717) is 34.7 Å². The molecule has 3 aromatic rings. The number of fused-ring (bicyclic) bond motifs is 2. The fourth-order valence-electron chi connectivity index (χ4n) is 5.78. The molecule has 3 rings (SSSR count). The predicted molar refractivity (Wildman–Crippen MR) is 181 cm³/mol. The summed E-state index contributed by atoms with van der Waals surface area (Å²) in [6.45, 7) is 4.48. The van der Waals surface area contributed by atoms with E-state index in [1.54, 1.807) is 12.1 Å². The van der Waals surface area contributed by atoms with Crippen LogP contribution in [0, 0.1) is 0 Å². The minimum atomic E-state index is -0.246. The van der Waals surface area contributed by atoms with Crippen LogP contribution in [0.1, 0.15) is 142 Å². The first-order valence-electron chi connectivity index (χ1n) is 17.1. The lowest BCUT2D eigenvalue weighted by atomic mass is 10.0. The van der Waals surface area contributed by atoms with Crippen molar-refractivity contribution in [3.63, 3.8) is 0 Å². The summed E-state index contributed by atoms with van der Waals surface area (Å²) in [6, 6.07) is 13.1. The highest BCUT2D eigenvalue weighted by atomic mass is 35.5. The van der Waals surface area contributed by atoms with Gasteiger partial charge in [-0.1, -0.05) is 152 Å². The van der Waals surface area contributed by atoms with Crippen LogP contribution in [0.4, 0.5) is 0 Å². The van der Waals surface area contributed by atoms with Crippen LogP contribution >= 0.6 is 11.6 Å². The number of unbranched alkanes of at least 4 members (excludes halogenated alkanes) is 16. The lowest BCUT2D eigenvalue weighted by molar-refractivity contribution is -0.135. The van der Waals surface area contributed by atoms with Crippen molar-refractivity contribution in [3.05, 3.63) is 47.5 Å². The van der Waals surface area contributed by atoms with Gasteiger partial charge in [-0.05, 0) is 31.0 Å². The number of halogens is 1. The molecule has 0 aliphatic carbocycles. The van der Waals surface area contributed by atoms with E-state index in [4.69, 9.17) is 21.1 Å². The molecule has 0 atom stereocenters. The van der Waals surface area contributed by atoms with Crippen LogP contribution in [-0.4, -0.2) is 11.9 Å². The zero-order chi connectivity index (χ0) is 30.7. The molecular formula is C38H53ClO4. The molecule has 236 valence electrons. The first kappa shape index (κ1) is 34.9. The Labute approximate surface area is 264 Å². The van der Waals surface area contributed by atoms with E-state index in [0.717, 1.165) is 54.7 Å². The van der Waals surface area contributed by atoms with E-state index >= 15 is 0 Å². The average Bonchev–Trinajstić information content (AvgIpc) is 3.01. The van der Waals surface area contributed by atoms with Crippen molar-refractivity contribution >= 4 is 45.1 Å². The Morgan fingerprint density at radius 3 is 1.33 bits per heavy atom. The van der Waals surface area contributed by atoms with Crippen molar-refractivity contribution in [2.75, 3.05) is 0 Å². The van der Waals surface area contributed by atoms with Gasteiger partial charge in [-0.15, -0.1) is 0 Å². The molecule has 0 unspecified atom stereocenters. The zero-order valence-electron chi connectivity index (χ0n) is 26.7. The summed E-state index contributed by atoms with van der Waals surface area (Å²) in [5.41, 5.74) is 0. The number of hydrogen-bond donors (Lipinski definition) is 0. The van der Waals surface area contributed by atoms with Gasteiger partial charge in [0.05, 0.1) is 0 Å². The van der Waals surface area contributed by atoms with Gasteiger partial charge in [-0.25, -0.2) is 0 Å². The van der Waals surface area contributed by atoms with Gasteiger partial charge >= 0.3 is 11.9 Å². The van der Waals surface area contributed by atoms with Crippen LogP contribution in [0.2, 0.25) is 5.02 Å². The van der Waals surface area contributed by atoms with Crippen LogP contribution in [0.15, 0.2) is 42.5 Å². The van der Waals surface area contributed by atoms with E-state index in [1.807, 2.05) is 30.3 Å². The molecular weight excluding hydrogens is 556 g/mol. The number of benzene rings is 3. The van der Waals surface area contributed by atoms with Gasteiger partial charge in [0.25, 0.3) is 0 Å². The van der Waals surface area contributed by atoms with E-state index in [1.165, 1.54) is 77.0 Å². The number of hydrogen-bond acceptors (Lipinski definition) is 4. The van der Waals surface area contributed by atoms with Crippen LogP contribution in [0.5, 0.6) is 11.5 Å². The van der Waals surface area contributed by atoms with Gasteiger partial charge in [0.2, 0.25) is 0 Å². The first-order valence-corrected chi connectivity index (χ1v) is 17.5. The third kappa shape index (κ3) is 12.1. The maximum atomic E-state index is 13.0. The lowest BCUT2D eigenvalue weighted by Gasteiger charge is -2.17. The summed E-state index contributed by atoms with van der Waals surface area (Å²) in [7, 11) is 0. The lowest BCUT2D eigenvalue weighted by Crippen LogP contribution is -2.10. The molecule has 0 saturated heterocycles. The third-order valence-corrected chi connectivity index (χ3v) is 8.52. The molecule has 0 aromatic heterocycles. The monoisotopic (exact) mass is 608 g/mol. The van der Waals surface area contributed by atoms with Crippen molar-refractivity contribution in [2.24, 2.45) is 0 Å². The Hall–Kier alpha value is -2.59. The number of rotatable bonds is 22. The molecule has 3 aromatic carbocycles. The van der Waals surface area contributed by atoms with Gasteiger partial charge in [-0.2, -0.15) is 0 Å². The van der Waals surface area contributed by atoms with Crippen molar-refractivity contribution < 1.29 is 19.1 Å². The van der Waals surface area contributed by atoms with Crippen LogP contribution < -0.4 is 9.47 Å². The second-order valence-electron chi connectivity index (χ2n) is 12.0. The average molecular weight is 609 g/mol. The molecule has 0 heterocycles. The molecule has 0 spiro atoms. The largest absolute Gasteiger partial charge is 0.425 e. The van der Waals surface area contributed by atoms with Gasteiger partial charge < -0.3 is 9.47 Å². The zero-order valence-corrected chi connectivity index (χ0v) is 27.5. The molecule has 0 amide bonds. The summed E-state index contributed by atoms with van der Waals surface area (Å²) in [6.07, 6.45) is 22.3. The van der Waals surface area contributed by atoms with Crippen LogP contribution in [0.3, 0.4) is 0 Å². The van der Waals surface area contributed by atoms with E-state index in [9.17, 15) is 9.59 Å². The van der Waals surface area contributed by atoms with Crippen LogP contribution in [-0.2, 0) is 9.59 Å². The Kier molecular flexibility index (Phi) is 16.5. The van der Waals surface area contributed by atoms with Crippen molar-refractivity contribution in [2.45, 2.75) is 142 Å². The molecule has 0 aliphatic heterocycles. The molecule has 4 nitrogen and oxygen atoms in total. The SMILES string of the molecule is CCCCCCCCCCCC(=O)Oc1c2ccccc2c(OC(=O)CCCCCCCCCCC)c2cc(Cl)ccc12. The highest BCUT2D eigenvalue weighted by Gasteiger charge is 2.20. The smallest absolute Gasteiger partial charge is 0.311 e. The maximum Gasteiger partial charge on any atom is 0.311 e. The molecule has 43 heavy (non-hydrogen) atoms. The van der Waals surface area contributed by atoms with Gasteiger partial charge in [0, 0.05) is 39.4 Å². The normalized spacial score (nSPS) is 11.3. The molecule has 0 fully saturated rings. The first-order chi connectivity index (χ1) is 21.0. The van der Waals surface area contributed by atoms with Crippen molar-refractivity contribution in [1.82, 2.24) is 0 Å². The number of ether oxygens (including phenoxy) is 2. The quantitative estimate of drug-likeness (QED) is 0.0492. The van der Waals surface area contributed by atoms with E-state index < -0.39 is 0 Å². The topological polar surface area (TPSA) is 52.6 Å². The molecule has 0 bridgehead atoms. The summed E-state index contributed by atoms with van der Waals surface area (Å²) in [5.74, 6) is 0.499. The fourth-order valence-corrected chi connectivity index (χ4v) is 5.95. The molecule has 0 N–H and O–H groups in total. The third-order valence-electron chi connectivity index (χ3n) is 8.29. The predicted octanol–water partition coefficient (Wildman–Crippen LogP) is 12.3. The molecule has 0 aliphatic rings. The van der Waals surface area contributed by atoms with Crippen LogP contribution in [0.25, 0.3) is 21.5 Å². The number of carbonyl (C=O) groups excluding carboxylic acids is 2. The van der Waals surface area contributed by atoms with Gasteiger partial charge in [0.15, 0.2) is 0 Å². The molecule has 0 radical (unpaired) electrons. The minimum absolute atomic E-state index is 0.237. The van der Waals surface area contributed by atoms with Crippen molar-refractivity contribution in [3.8, 4) is 11.5 Å². The maximum absolute atomic E-state index is 13.0. The summed E-state index contributed by atoms with van der Waals surface area (Å²) >= 11 is 6.41. The summed E-state index contributed by atoms with van der Waals surface area (Å²) < 4.78 is 12.0. The highest BCUT2D eigenvalue weighted by Crippen LogP contribution is 2.44.